The fourth-order valence-corrected chi connectivity index (χ4v) is 4.55. The largest absolute Gasteiger partial charge is 0.493 e. The number of nitrogens with one attached hydrogen (secondary N) is 2. The molecule has 0 radical (unpaired) electrons. The molecule has 12 heteroatoms. The fraction of sp³-hybridized carbons (Fsp3) is 0.414. The Morgan fingerprint density at radius 3 is 2.71 bits per heavy atom. The number of aliphatic hydroxyl groups excluding tert-OH is 1. The number of fused-ring (bicyclic) bond motifs is 3. The molecule has 218 valence electrons. The third kappa shape index (κ3) is 8.04. The van der Waals surface area contributed by atoms with Crippen LogP contribution in [0.2, 0.25) is 0 Å². The van der Waals surface area contributed by atoms with Gasteiger partial charge in [-0.3, -0.25) is 19.1 Å². The Hall–Kier alpha value is -4.45. The van der Waals surface area contributed by atoms with Gasteiger partial charge >= 0.3 is 0 Å². The quantitative estimate of drug-likeness (QED) is 0.425. The van der Waals surface area contributed by atoms with Crippen LogP contribution >= 0.6 is 0 Å². The molecule has 0 fully saturated rings. The van der Waals surface area contributed by atoms with E-state index in [-0.39, 0.29) is 37.4 Å². The third-order valence-electron chi connectivity index (χ3n) is 6.70. The van der Waals surface area contributed by atoms with Crippen LogP contribution in [0.1, 0.15) is 35.0 Å². The van der Waals surface area contributed by atoms with E-state index >= 15 is 0 Å². The topological polar surface area (TPSA) is 148 Å². The number of aliphatic hydroxyl groups is 1. The highest BCUT2D eigenvalue weighted by molar-refractivity contribution is 6.00. The highest BCUT2D eigenvalue weighted by Gasteiger charge is 2.26. The molecular formula is C29H36N6O6. The number of aromatic nitrogens is 3. The first-order chi connectivity index (χ1) is 19.9. The summed E-state index contributed by atoms with van der Waals surface area (Å²) < 4.78 is 13.2. The monoisotopic (exact) mass is 564 g/mol. The first kappa shape index (κ1) is 29.5. The van der Waals surface area contributed by atoms with E-state index in [0.29, 0.717) is 37.4 Å². The minimum absolute atomic E-state index is 0.124. The summed E-state index contributed by atoms with van der Waals surface area (Å²) in [5.41, 5.74) is 1.80. The van der Waals surface area contributed by atoms with Gasteiger partial charge in [0.15, 0.2) is 11.5 Å². The van der Waals surface area contributed by atoms with Crippen LogP contribution in [0.4, 0.5) is 0 Å². The molecule has 0 aliphatic carbocycles. The molecule has 2 atom stereocenters. The number of carbonyl (C=O) groups is 3. The van der Waals surface area contributed by atoms with Crippen molar-refractivity contribution in [3.8, 4) is 11.5 Å². The van der Waals surface area contributed by atoms with Crippen LogP contribution in [-0.4, -0.2) is 88.2 Å². The van der Waals surface area contributed by atoms with Crippen LogP contribution in [0, 0.1) is 0 Å². The van der Waals surface area contributed by atoms with Gasteiger partial charge in [-0.2, -0.15) is 0 Å². The molecule has 4 rings (SSSR count). The lowest BCUT2D eigenvalue weighted by atomic mass is 10.0. The second kappa shape index (κ2) is 14.3. The number of nitrogens with zero attached hydrogens (tertiary/aromatic N) is 4. The van der Waals surface area contributed by atoms with Crippen molar-refractivity contribution in [2.45, 2.75) is 44.9 Å². The van der Waals surface area contributed by atoms with Gasteiger partial charge in [-0.25, -0.2) is 0 Å². The van der Waals surface area contributed by atoms with E-state index in [1.807, 2.05) is 30.3 Å². The van der Waals surface area contributed by atoms with Crippen molar-refractivity contribution in [1.82, 2.24) is 30.5 Å². The molecule has 0 spiro atoms. The van der Waals surface area contributed by atoms with Gasteiger partial charge in [-0.05, 0) is 24.6 Å². The SMILES string of the molecule is COc1cccc2c1OCCCn1cc(nn1)CCN(C(=O)[C@@H](C)O)CCNC(=O)[C@H](Cc1ccccc1)NC2=O. The second-order valence-electron chi connectivity index (χ2n) is 9.77. The standard InChI is InChI=1S/C29H36N6O6/c1-20(36)29(39)34-15-12-22-19-35(33-32-22)14-7-17-41-26-23(10-6-11-25(26)40-2)27(37)31-24(28(38)30-13-16-34)18-21-8-4-3-5-9-21/h3-6,8-11,19-20,24,36H,7,12-18H2,1-2H3,(H,30,38)(H,31,37)/t20-,24+/m1/s1. The molecule has 2 heterocycles. The normalized spacial score (nSPS) is 17.9. The molecule has 3 N–H and O–H groups in total. The smallest absolute Gasteiger partial charge is 0.255 e. The minimum atomic E-state index is -1.19. The summed E-state index contributed by atoms with van der Waals surface area (Å²) >= 11 is 0. The summed E-state index contributed by atoms with van der Waals surface area (Å²) in [6.07, 6.45) is 1.87. The number of para-hydroxylation sites is 1. The molecule has 41 heavy (non-hydrogen) atoms. The zero-order valence-corrected chi connectivity index (χ0v) is 23.3. The third-order valence-corrected chi connectivity index (χ3v) is 6.70. The fourth-order valence-electron chi connectivity index (χ4n) is 4.55. The minimum Gasteiger partial charge on any atom is -0.493 e. The molecule has 3 aromatic rings. The second-order valence-corrected chi connectivity index (χ2v) is 9.77. The predicted molar refractivity (Wildman–Crippen MR) is 150 cm³/mol. The van der Waals surface area contributed by atoms with Crippen LogP contribution in [0.5, 0.6) is 11.5 Å². The molecule has 0 unspecified atom stereocenters. The average molecular weight is 565 g/mol. The Balaban J connectivity index is 1.61. The van der Waals surface area contributed by atoms with Gasteiger partial charge in [-0.1, -0.05) is 41.6 Å². The van der Waals surface area contributed by atoms with Crippen LogP contribution in [-0.2, 0) is 29.0 Å². The van der Waals surface area contributed by atoms with E-state index in [1.54, 1.807) is 29.1 Å². The van der Waals surface area contributed by atoms with E-state index < -0.39 is 29.9 Å². The lowest BCUT2D eigenvalue weighted by molar-refractivity contribution is -0.139. The summed E-state index contributed by atoms with van der Waals surface area (Å²) in [7, 11) is 1.50. The maximum absolute atomic E-state index is 13.5. The Bertz CT molecular complexity index is 1330. The number of amides is 3. The molecule has 0 saturated carbocycles. The number of ether oxygens (including phenoxy) is 2. The summed E-state index contributed by atoms with van der Waals surface area (Å²) in [4.78, 5) is 41.1. The Morgan fingerprint density at radius 1 is 1.15 bits per heavy atom. The lowest BCUT2D eigenvalue weighted by Crippen LogP contribution is -2.50. The molecule has 12 nitrogen and oxygen atoms in total. The van der Waals surface area contributed by atoms with Gasteiger partial charge < -0.3 is 30.1 Å². The average Bonchev–Trinajstić information content (AvgIpc) is 3.43. The number of methoxy groups -OCH3 is 1. The number of carbonyl (C=O) groups excluding carboxylic acids is 3. The molecule has 1 aliphatic heterocycles. The van der Waals surface area contributed by atoms with Crippen LogP contribution in [0.25, 0.3) is 0 Å². The Labute approximate surface area is 238 Å². The maximum Gasteiger partial charge on any atom is 0.255 e. The maximum atomic E-state index is 13.5. The van der Waals surface area contributed by atoms with E-state index in [9.17, 15) is 19.5 Å². The van der Waals surface area contributed by atoms with Gasteiger partial charge in [0.2, 0.25) is 5.91 Å². The number of rotatable bonds is 4. The van der Waals surface area contributed by atoms with Crippen molar-refractivity contribution in [3.05, 3.63) is 71.5 Å². The van der Waals surface area contributed by atoms with E-state index in [0.717, 1.165) is 5.56 Å². The highest BCUT2D eigenvalue weighted by Crippen LogP contribution is 2.31. The summed E-state index contributed by atoms with van der Waals surface area (Å²) in [5.74, 6) is -0.652. The Morgan fingerprint density at radius 2 is 1.95 bits per heavy atom. The number of aryl methyl sites for hydroxylation is 1. The highest BCUT2D eigenvalue weighted by atomic mass is 16.5. The molecule has 1 aromatic heterocycles. The number of hydrogen-bond donors (Lipinski definition) is 3. The molecule has 3 amide bonds. The van der Waals surface area contributed by atoms with Gasteiger partial charge in [0.1, 0.15) is 12.1 Å². The summed E-state index contributed by atoms with van der Waals surface area (Å²) in [6, 6.07) is 13.5. The zero-order valence-electron chi connectivity index (χ0n) is 23.3. The van der Waals surface area contributed by atoms with Crippen LogP contribution in [0.3, 0.4) is 0 Å². The molecule has 0 saturated heterocycles. The number of hydrogen-bond acceptors (Lipinski definition) is 8. The van der Waals surface area contributed by atoms with Crippen molar-refractivity contribution in [3.63, 3.8) is 0 Å². The van der Waals surface area contributed by atoms with Crippen LogP contribution in [0.15, 0.2) is 54.7 Å². The van der Waals surface area contributed by atoms with Crippen molar-refractivity contribution >= 4 is 17.7 Å². The lowest BCUT2D eigenvalue weighted by Gasteiger charge is -2.25. The van der Waals surface area contributed by atoms with E-state index in [2.05, 4.69) is 20.9 Å². The zero-order chi connectivity index (χ0) is 29.2. The van der Waals surface area contributed by atoms with Gasteiger partial charge in [0.25, 0.3) is 11.8 Å². The predicted octanol–water partition coefficient (Wildman–Crippen LogP) is 0.979. The van der Waals surface area contributed by atoms with Crippen molar-refractivity contribution < 1.29 is 29.0 Å². The first-order valence-electron chi connectivity index (χ1n) is 13.6. The van der Waals surface area contributed by atoms with Crippen molar-refractivity contribution in [1.29, 1.82) is 0 Å². The summed E-state index contributed by atoms with van der Waals surface area (Å²) in [5, 5.41) is 24.0. The van der Waals surface area contributed by atoms with Gasteiger partial charge in [0.05, 0.1) is 25.0 Å². The van der Waals surface area contributed by atoms with Crippen molar-refractivity contribution in [2.24, 2.45) is 0 Å². The molecular weight excluding hydrogens is 528 g/mol. The van der Waals surface area contributed by atoms with E-state index in [4.69, 9.17) is 9.47 Å². The first-order valence-corrected chi connectivity index (χ1v) is 13.6. The number of benzene rings is 2. The molecule has 1 aliphatic rings. The Kier molecular flexibility index (Phi) is 10.3. The van der Waals surface area contributed by atoms with Gasteiger partial charge in [0, 0.05) is 51.6 Å². The molecule has 2 aromatic carbocycles. The van der Waals surface area contributed by atoms with Crippen molar-refractivity contribution in [2.75, 3.05) is 33.4 Å². The van der Waals surface area contributed by atoms with Gasteiger partial charge in [-0.15, -0.1) is 5.10 Å². The van der Waals surface area contributed by atoms with E-state index in [1.165, 1.54) is 18.9 Å². The molecule has 2 bridgehead atoms. The summed E-state index contributed by atoms with van der Waals surface area (Å²) in [6.45, 7) is 2.80. The van der Waals surface area contributed by atoms with Crippen LogP contribution < -0.4 is 20.1 Å².